The van der Waals surface area contributed by atoms with Crippen LogP contribution in [0, 0.1) is 0 Å². The van der Waals surface area contributed by atoms with Gasteiger partial charge in [0.05, 0.1) is 0 Å². The maximum absolute atomic E-state index is 11.4. The lowest BCUT2D eigenvalue weighted by Crippen LogP contribution is -2.28. The number of nitrogen functional groups attached to an aromatic ring is 1. The second-order valence-corrected chi connectivity index (χ2v) is 3.71. The Morgan fingerprint density at radius 2 is 2.18 bits per heavy atom. The summed E-state index contributed by atoms with van der Waals surface area (Å²) < 4.78 is 1.47. The van der Waals surface area contributed by atoms with Gasteiger partial charge in [-0.15, -0.1) is 0 Å². The number of hydrogen-bond acceptors (Lipinski definition) is 4. The molecule has 0 fully saturated rings. The molecule has 1 rings (SSSR count). The van der Waals surface area contributed by atoms with Crippen molar-refractivity contribution in [2.45, 2.75) is 25.8 Å². The van der Waals surface area contributed by atoms with Crippen LogP contribution in [0.25, 0.3) is 0 Å². The standard InChI is InChI=1S/C10H17N5O2/c11-8-4-6-15(14-8)7-10(17)13-5-2-1-3-9(12)16/h4,6H,1-3,5,7H2,(H2,11,14)(H2,12,16)(H,13,17). The largest absolute Gasteiger partial charge is 0.382 e. The van der Waals surface area contributed by atoms with Gasteiger partial charge < -0.3 is 16.8 Å². The first-order valence-corrected chi connectivity index (χ1v) is 5.42. The van der Waals surface area contributed by atoms with Crippen LogP contribution in [0.3, 0.4) is 0 Å². The van der Waals surface area contributed by atoms with Crippen molar-refractivity contribution in [1.82, 2.24) is 15.1 Å². The third-order valence-corrected chi connectivity index (χ3v) is 2.14. The number of anilines is 1. The Labute approximate surface area is 99.1 Å². The summed E-state index contributed by atoms with van der Waals surface area (Å²) in [6.45, 7) is 0.676. The Hall–Kier alpha value is -2.05. The molecule has 0 saturated heterocycles. The van der Waals surface area contributed by atoms with E-state index >= 15 is 0 Å². The lowest BCUT2D eigenvalue weighted by atomic mass is 10.2. The summed E-state index contributed by atoms with van der Waals surface area (Å²) in [5, 5.41) is 6.61. The van der Waals surface area contributed by atoms with Gasteiger partial charge in [-0.1, -0.05) is 0 Å². The van der Waals surface area contributed by atoms with Crippen LogP contribution in [-0.2, 0) is 16.1 Å². The highest BCUT2D eigenvalue weighted by atomic mass is 16.2. The number of carbonyl (C=O) groups excluding carboxylic acids is 2. The van der Waals surface area contributed by atoms with Crippen molar-refractivity contribution in [1.29, 1.82) is 0 Å². The summed E-state index contributed by atoms with van der Waals surface area (Å²) in [5.74, 6) is -0.0604. The molecule has 0 spiro atoms. The van der Waals surface area contributed by atoms with E-state index in [1.807, 2.05) is 0 Å². The van der Waals surface area contributed by atoms with Crippen molar-refractivity contribution >= 4 is 17.6 Å². The number of nitrogens with zero attached hydrogens (tertiary/aromatic N) is 2. The molecule has 7 nitrogen and oxygen atoms in total. The number of unbranched alkanes of at least 4 members (excludes halogenated alkanes) is 1. The second kappa shape index (κ2) is 6.51. The van der Waals surface area contributed by atoms with Gasteiger partial charge in [-0.25, -0.2) is 0 Å². The number of rotatable bonds is 7. The van der Waals surface area contributed by atoms with E-state index in [-0.39, 0.29) is 18.4 Å². The molecule has 7 heteroatoms. The van der Waals surface area contributed by atoms with Gasteiger partial charge >= 0.3 is 0 Å². The maximum atomic E-state index is 11.4. The molecule has 0 aliphatic heterocycles. The first-order valence-electron chi connectivity index (χ1n) is 5.42. The highest BCUT2D eigenvalue weighted by Crippen LogP contribution is 1.95. The molecule has 1 aromatic heterocycles. The van der Waals surface area contributed by atoms with E-state index in [4.69, 9.17) is 11.5 Å². The predicted molar refractivity (Wildman–Crippen MR) is 62.7 cm³/mol. The fourth-order valence-corrected chi connectivity index (χ4v) is 1.32. The minimum absolute atomic E-state index is 0.132. The molecule has 0 unspecified atom stereocenters. The molecule has 0 radical (unpaired) electrons. The first-order chi connectivity index (χ1) is 8.08. The molecule has 0 aromatic carbocycles. The smallest absolute Gasteiger partial charge is 0.241 e. The average Bonchev–Trinajstić information content (AvgIpc) is 2.63. The number of nitrogens with one attached hydrogen (secondary N) is 1. The van der Waals surface area contributed by atoms with Gasteiger partial charge in [0.25, 0.3) is 0 Å². The topological polar surface area (TPSA) is 116 Å². The molecular weight excluding hydrogens is 222 g/mol. The normalized spacial score (nSPS) is 10.1. The van der Waals surface area contributed by atoms with Gasteiger partial charge in [-0.2, -0.15) is 5.10 Å². The fraction of sp³-hybridized carbons (Fsp3) is 0.500. The number of carbonyl (C=O) groups is 2. The molecule has 2 amide bonds. The molecule has 0 saturated carbocycles. The van der Waals surface area contributed by atoms with Crippen LogP contribution in [0.5, 0.6) is 0 Å². The van der Waals surface area contributed by atoms with Crippen molar-refractivity contribution in [3.8, 4) is 0 Å². The number of primary amides is 1. The van der Waals surface area contributed by atoms with Crippen molar-refractivity contribution in [3.05, 3.63) is 12.3 Å². The van der Waals surface area contributed by atoms with Crippen molar-refractivity contribution in [2.75, 3.05) is 12.3 Å². The quantitative estimate of drug-likeness (QED) is 0.542. The van der Waals surface area contributed by atoms with E-state index in [9.17, 15) is 9.59 Å². The maximum Gasteiger partial charge on any atom is 0.241 e. The molecular formula is C10H17N5O2. The van der Waals surface area contributed by atoms with Crippen molar-refractivity contribution in [3.63, 3.8) is 0 Å². The summed E-state index contributed by atoms with van der Waals surface area (Å²) in [6.07, 6.45) is 3.41. The lowest BCUT2D eigenvalue weighted by Gasteiger charge is -2.04. The number of hydrogen-bond donors (Lipinski definition) is 3. The van der Waals surface area contributed by atoms with Crippen LogP contribution < -0.4 is 16.8 Å². The summed E-state index contributed by atoms with van der Waals surface area (Å²) in [4.78, 5) is 21.9. The van der Waals surface area contributed by atoms with Gasteiger partial charge in [0, 0.05) is 19.2 Å². The van der Waals surface area contributed by atoms with Crippen LogP contribution >= 0.6 is 0 Å². The summed E-state index contributed by atoms with van der Waals surface area (Å²) in [7, 11) is 0. The molecule has 1 heterocycles. The molecule has 17 heavy (non-hydrogen) atoms. The number of amides is 2. The Morgan fingerprint density at radius 1 is 1.41 bits per heavy atom. The van der Waals surface area contributed by atoms with Gasteiger partial charge in [-0.05, 0) is 18.9 Å². The average molecular weight is 239 g/mol. The molecule has 0 aliphatic carbocycles. The number of aromatic nitrogens is 2. The van der Waals surface area contributed by atoms with Crippen LogP contribution in [0.2, 0.25) is 0 Å². The summed E-state index contributed by atoms with van der Waals surface area (Å²) >= 11 is 0. The van der Waals surface area contributed by atoms with Gasteiger partial charge in [0.2, 0.25) is 11.8 Å². The molecule has 1 aromatic rings. The van der Waals surface area contributed by atoms with E-state index < -0.39 is 0 Å². The molecule has 5 N–H and O–H groups in total. The van der Waals surface area contributed by atoms with E-state index in [1.165, 1.54) is 4.68 Å². The van der Waals surface area contributed by atoms with E-state index in [0.29, 0.717) is 25.2 Å². The molecule has 0 aliphatic rings. The molecule has 0 bridgehead atoms. The van der Waals surface area contributed by atoms with Gasteiger partial charge in [0.15, 0.2) is 0 Å². The van der Waals surface area contributed by atoms with Gasteiger partial charge in [0.1, 0.15) is 12.4 Å². The van der Waals surface area contributed by atoms with Crippen LogP contribution in [0.4, 0.5) is 5.82 Å². The Bertz CT molecular complexity index is 388. The highest BCUT2D eigenvalue weighted by Gasteiger charge is 2.03. The SMILES string of the molecule is NC(=O)CCCCNC(=O)Cn1ccc(N)n1. The molecule has 94 valence electrons. The van der Waals surface area contributed by atoms with Crippen LogP contribution in [-0.4, -0.2) is 28.1 Å². The second-order valence-electron chi connectivity index (χ2n) is 3.71. The first kappa shape index (κ1) is 13.0. The zero-order valence-electron chi connectivity index (χ0n) is 9.56. The predicted octanol–water partition coefficient (Wildman–Crippen LogP) is -0.763. The number of nitrogens with two attached hydrogens (primary N) is 2. The fourth-order valence-electron chi connectivity index (χ4n) is 1.32. The monoisotopic (exact) mass is 239 g/mol. The summed E-state index contributed by atoms with van der Waals surface area (Å²) in [6, 6.07) is 1.63. The van der Waals surface area contributed by atoms with E-state index in [1.54, 1.807) is 12.3 Å². The van der Waals surface area contributed by atoms with Gasteiger partial charge in [-0.3, -0.25) is 14.3 Å². The zero-order valence-corrected chi connectivity index (χ0v) is 9.56. The minimum Gasteiger partial charge on any atom is -0.382 e. The Kier molecular flexibility index (Phi) is 4.99. The van der Waals surface area contributed by atoms with Crippen molar-refractivity contribution < 1.29 is 9.59 Å². The molecule has 0 atom stereocenters. The van der Waals surface area contributed by atoms with E-state index in [0.717, 1.165) is 6.42 Å². The third kappa shape index (κ3) is 5.55. The Morgan fingerprint density at radius 3 is 2.76 bits per heavy atom. The van der Waals surface area contributed by atoms with Crippen molar-refractivity contribution in [2.24, 2.45) is 5.73 Å². The van der Waals surface area contributed by atoms with Crippen LogP contribution in [0.1, 0.15) is 19.3 Å². The zero-order chi connectivity index (χ0) is 12.7. The van der Waals surface area contributed by atoms with E-state index in [2.05, 4.69) is 10.4 Å². The third-order valence-electron chi connectivity index (χ3n) is 2.14. The summed E-state index contributed by atoms with van der Waals surface area (Å²) in [5.41, 5.74) is 10.4. The van der Waals surface area contributed by atoms with Crippen LogP contribution in [0.15, 0.2) is 12.3 Å². The minimum atomic E-state index is -0.316. The Balaban J connectivity index is 2.11. The highest BCUT2D eigenvalue weighted by molar-refractivity contribution is 5.75. The lowest BCUT2D eigenvalue weighted by molar-refractivity contribution is -0.121.